The Balaban J connectivity index is 1.78. The molecule has 0 saturated heterocycles. The van der Waals surface area contributed by atoms with Gasteiger partial charge in [0.15, 0.2) is 0 Å². The Morgan fingerprint density at radius 2 is 1.86 bits per heavy atom. The lowest BCUT2D eigenvalue weighted by Gasteiger charge is -2.04. The molecule has 2 aromatic carbocycles. The largest absolute Gasteiger partial charge is 0.347 e. The summed E-state index contributed by atoms with van der Waals surface area (Å²) >= 11 is 7.73. The standard InChI is InChI=1S/C17H14ClNOS/c1-11-6-8-12(9-7-11)10-19-17(20)16-15(18)13-4-2-3-5-14(13)21-16/h2-9H,10H2,1H3,(H,19,20). The Labute approximate surface area is 132 Å². The van der Waals surface area contributed by atoms with E-state index in [1.807, 2.05) is 55.5 Å². The smallest absolute Gasteiger partial charge is 0.263 e. The number of hydrogen-bond acceptors (Lipinski definition) is 2. The van der Waals surface area contributed by atoms with E-state index >= 15 is 0 Å². The average molecular weight is 316 g/mol. The molecule has 1 aromatic heterocycles. The Hall–Kier alpha value is -1.84. The molecule has 1 N–H and O–H groups in total. The fourth-order valence-electron chi connectivity index (χ4n) is 2.13. The van der Waals surface area contributed by atoms with E-state index in [4.69, 9.17) is 11.6 Å². The van der Waals surface area contributed by atoms with Crippen LogP contribution in [0.15, 0.2) is 48.5 Å². The minimum absolute atomic E-state index is 0.123. The summed E-state index contributed by atoms with van der Waals surface area (Å²) < 4.78 is 1.03. The van der Waals surface area contributed by atoms with Gasteiger partial charge in [0.25, 0.3) is 5.91 Å². The maximum Gasteiger partial charge on any atom is 0.263 e. The lowest BCUT2D eigenvalue weighted by atomic mass is 10.1. The van der Waals surface area contributed by atoms with Gasteiger partial charge in [0.1, 0.15) is 4.88 Å². The molecular weight excluding hydrogens is 302 g/mol. The van der Waals surface area contributed by atoms with Crippen molar-refractivity contribution in [3.63, 3.8) is 0 Å². The molecule has 1 heterocycles. The molecule has 0 spiro atoms. The molecule has 0 saturated carbocycles. The molecule has 0 fully saturated rings. The molecule has 2 nitrogen and oxygen atoms in total. The number of carbonyl (C=O) groups is 1. The van der Waals surface area contributed by atoms with Gasteiger partial charge in [-0.15, -0.1) is 11.3 Å². The van der Waals surface area contributed by atoms with Gasteiger partial charge >= 0.3 is 0 Å². The third-order valence-corrected chi connectivity index (χ3v) is 4.99. The summed E-state index contributed by atoms with van der Waals surface area (Å²) in [6.07, 6.45) is 0. The molecule has 0 aliphatic heterocycles. The summed E-state index contributed by atoms with van der Waals surface area (Å²) in [4.78, 5) is 12.9. The number of fused-ring (bicyclic) bond motifs is 1. The topological polar surface area (TPSA) is 29.1 Å². The van der Waals surface area contributed by atoms with E-state index in [9.17, 15) is 4.79 Å². The summed E-state index contributed by atoms with van der Waals surface area (Å²) in [5, 5.41) is 4.40. The van der Waals surface area contributed by atoms with Crippen LogP contribution in [0.4, 0.5) is 0 Å². The van der Waals surface area contributed by atoms with Crippen molar-refractivity contribution in [2.24, 2.45) is 0 Å². The Morgan fingerprint density at radius 3 is 2.57 bits per heavy atom. The van der Waals surface area contributed by atoms with Crippen LogP contribution in [0.5, 0.6) is 0 Å². The van der Waals surface area contributed by atoms with E-state index in [1.165, 1.54) is 16.9 Å². The number of rotatable bonds is 3. The molecule has 0 unspecified atom stereocenters. The molecule has 21 heavy (non-hydrogen) atoms. The summed E-state index contributed by atoms with van der Waals surface area (Å²) in [6.45, 7) is 2.54. The van der Waals surface area contributed by atoms with Gasteiger partial charge in [-0.2, -0.15) is 0 Å². The van der Waals surface area contributed by atoms with E-state index in [0.717, 1.165) is 15.6 Å². The summed E-state index contributed by atoms with van der Waals surface area (Å²) in [6, 6.07) is 15.9. The summed E-state index contributed by atoms with van der Waals surface area (Å²) in [7, 11) is 0. The van der Waals surface area contributed by atoms with Crippen LogP contribution < -0.4 is 5.32 Å². The highest BCUT2D eigenvalue weighted by Gasteiger charge is 2.16. The fraction of sp³-hybridized carbons (Fsp3) is 0.118. The normalized spacial score (nSPS) is 10.8. The second-order valence-electron chi connectivity index (χ2n) is 4.91. The van der Waals surface area contributed by atoms with E-state index in [1.54, 1.807) is 0 Å². The van der Waals surface area contributed by atoms with Crippen molar-refractivity contribution in [1.29, 1.82) is 0 Å². The predicted molar refractivity (Wildman–Crippen MR) is 89.2 cm³/mol. The molecule has 1 amide bonds. The van der Waals surface area contributed by atoms with Crippen molar-refractivity contribution in [1.82, 2.24) is 5.32 Å². The van der Waals surface area contributed by atoms with Gasteiger partial charge in [-0.25, -0.2) is 0 Å². The maximum atomic E-state index is 12.3. The fourth-order valence-corrected chi connectivity index (χ4v) is 3.56. The summed E-state index contributed by atoms with van der Waals surface area (Å²) in [5.41, 5.74) is 2.28. The van der Waals surface area contributed by atoms with Crippen molar-refractivity contribution in [3.8, 4) is 0 Å². The van der Waals surface area contributed by atoms with Gasteiger partial charge in [-0.1, -0.05) is 59.6 Å². The van der Waals surface area contributed by atoms with Crippen LogP contribution in [0.25, 0.3) is 10.1 Å². The molecule has 0 aliphatic rings. The Kier molecular flexibility index (Phi) is 3.95. The minimum Gasteiger partial charge on any atom is -0.347 e. The monoisotopic (exact) mass is 315 g/mol. The molecule has 0 bridgehead atoms. The number of amides is 1. The molecule has 3 aromatic rings. The summed E-state index contributed by atoms with van der Waals surface area (Å²) in [5.74, 6) is -0.123. The van der Waals surface area contributed by atoms with Gasteiger partial charge in [0.05, 0.1) is 5.02 Å². The molecular formula is C17H14ClNOS. The molecule has 106 valence electrons. The third-order valence-electron chi connectivity index (χ3n) is 3.31. The molecule has 0 atom stereocenters. The third kappa shape index (κ3) is 2.94. The molecule has 4 heteroatoms. The number of hydrogen-bond donors (Lipinski definition) is 1. The maximum absolute atomic E-state index is 12.3. The van der Waals surface area contributed by atoms with E-state index in [2.05, 4.69) is 5.32 Å². The van der Waals surface area contributed by atoms with Crippen LogP contribution in [0, 0.1) is 6.92 Å². The predicted octanol–water partition coefficient (Wildman–Crippen LogP) is 4.79. The molecule has 0 aliphatic carbocycles. The van der Waals surface area contributed by atoms with E-state index in [0.29, 0.717) is 16.4 Å². The zero-order chi connectivity index (χ0) is 14.8. The highest BCUT2D eigenvalue weighted by Crippen LogP contribution is 2.34. The van der Waals surface area contributed by atoms with Crippen LogP contribution in [-0.2, 0) is 6.54 Å². The number of halogens is 1. The van der Waals surface area contributed by atoms with Crippen molar-refractivity contribution >= 4 is 38.9 Å². The first-order valence-corrected chi connectivity index (χ1v) is 7.85. The first-order chi connectivity index (χ1) is 10.1. The van der Waals surface area contributed by atoms with Gasteiger partial charge in [0.2, 0.25) is 0 Å². The highest BCUT2D eigenvalue weighted by atomic mass is 35.5. The lowest BCUT2D eigenvalue weighted by Crippen LogP contribution is -2.22. The first kappa shape index (κ1) is 14.1. The van der Waals surface area contributed by atoms with Crippen LogP contribution in [0.2, 0.25) is 5.02 Å². The van der Waals surface area contributed by atoms with Crippen molar-refractivity contribution in [3.05, 3.63) is 69.6 Å². The number of aryl methyl sites for hydroxylation is 1. The van der Waals surface area contributed by atoms with E-state index in [-0.39, 0.29) is 5.91 Å². The van der Waals surface area contributed by atoms with Crippen molar-refractivity contribution in [2.75, 3.05) is 0 Å². The van der Waals surface area contributed by atoms with E-state index < -0.39 is 0 Å². The number of benzene rings is 2. The Bertz CT molecular complexity index is 792. The van der Waals surface area contributed by atoms with Crippen molar-refractivity contribution < 1.29 is 4.79 Å². The quantitative estimate of drug-likeness (QED) is 0.739. The SMILES string of the molecule is Cc1ccc(CNC(=O)c2sc3ccccc3c2Cl)cc1. The second-order valence-corrected chi connectivity index (χ2v) is 6.34. The van der Waals surface area contributed by atoms with Crippen molar-refractivity contribution in [2.45, 2.75) is 13.5 Å². The van der Waals surface area contributed by atoms with Gasteiger partial charge in [0, 0.05) is 16.6 Å². The number of thiophene rings is 1. The minimum atomic E-state index is -0.123. The highest BCUT2D eigenvalue weighted by molar-refractivity contribution is 7.21. The lowest BCUT2D eigenvalue weighted by molar-refractivity contribution is 0.0955. The van der Waals surface area contributed by atoms with Crippen LogP contribution in [-0.4, -0.2) is 5.91 Å². The van der Waals surface area contributed by atoms with Crippen LogP contribution in [0.3, 0.4) is 0 Å². The second kappa shape index (κ2) is 5.88. The molecule has 3 rings (SSSR count). The van der Waals surface area contributed by atoms with Gasteiger partial charge in [-0.05, 0) is 18.6 Å². The average Bonchev–Trinajstić information content (AvgIpc) is 2.84. The molecule has 0 radical (unpaired) electrons. The first-order valence-electron chi connectivity index (χ1n) is 6.66. The van der Waals surface area contributed by atoms with Gasteiger partial charge < -0.3 is 5.32 Å². The van der Waals surface area contributed by atoms with Gasteiger partial charge in [-0.3, -0.25) is 4.79 Å². The number of nitrogens with one attached hydrogen (secondary N) is 1. The zero-order valence-corrected chi connectivity index (χ0v) is 13.1. The van der Waals surface area contributed by atoms with Crippen LogP contribution >= 0.6 is 22.9 Å². The number of carbonyl (C=O) groups excluding carboxylic acids is 1. The zero-order valence-electron chi connectivity index (χ0n) is 11.5. The van der Waals surface area contributed by atoms with Crippen LogP contribution in [0.1, 0.15) is 20.8 Å². The Morgan fingerprint density at radius 1 is 1.14 bits per heavy atom.